The van der Waals surface area contributed by atoms with Gasteiger partial charge in [-0.1, -0.05) is 30.2 Å². The van der Waals surface area contributed by atoms with Gasteiger partial charge < -0.3 is 19.5 Å². The molecule has 2 aliphatic rings. The number of carboxylic acid groups (broad SMARTS) is 1. The lowest BCUT2D eigenvalue weighted by Gasteiger charge is -2.40. The van der Waals surface area contributed by atoms with Crippen LogP contribution in [0.1, 0.15) is 53.6 Å². The fourth-order valence-electron chi connectivity index (χ4n) is 6.08. The van der Waals surface area contributed by atoms with Gasteiger partial charge in [0.15, 0.2) is 0 Å². The lowest BCUT2D eigenvalue weighted by Crippen LogP contribution is -2.46. The normalized spacial score (nSPS) is 17.5. The second-order valence-corrected chi connectivity index (χ2v) is 11.3. The minimum absolute atomic E-state index is 0.0177. The topological polar surface area (TPSA) is 75.1 Å². The third-order valence-corrected chi connectivity index (χ3v) is 8.50. The summed E-state index contributed by atoms with van der Waals surface area (Å²) < 4.78 is 51.8. The number of benzene rings is 2. The van der Waals surface area contributed by atoms with Gasteiger partial charge in [-0.05, 0) is 70.1 Å². The number of ether oxygens (including phenoxy) is 2. The first-order valence-corrected chi connectivity index (χ1v) is 14.7. The number of piperidine rings is 2. The minimum atomic E-state index is -4.56. The molecule has 2 aliphatic heterocycles. The highest BCUT2D eigenvalue weighted by atomic mass is 35.5. The van der Waals surface area contributed by atoms with Crippen LogP contribution in [-0.2, 0) is 17.5 Å². The smallest absolute Gasteiger partial charge is 0.416 e. The van der Waals surface area contributed by atoms with Crippen LogP contribution < -0.4 is 4.74 Å². The Morgan fingerprint density at radius 1 is 1.07 bits per heavy atom. The van der Waals surface area contributed by atoms with Crippen molar-refractivity contribution in [2.75, 3.05) is 46.5 Å². The summed E-state index contributed by atoms with van der Waals surface area (Å²) in [5, 5.41) is 11.0. The zero-order chi connectivity index (χ0) is 29.9. The Morgan fingerprint density at radius 3 is 2.48 bits per heavy atom. The van der Waals surface area contributed by atoms with Crippen LogP contribution in [0.3, 0.4) is 0 Å². The van der Waals surface area contributed by atoms with Crippen molar-refractivity contribution >= 4 is 28.5 Å². The monoisotopic (exact) mass is 605 g/mol. The number of hydrogen-bond donors (Lipinski definition) is 1. The van der Waals surface area contributed by atoms with E-state index in [1.165, 1.54) is 50.6 Å². The Kier molecular flexibility index (Phi) is 9.57. The number of pyridine rings is 1. The van der Waals surface area contributed by atoms with Crippen LogP contribution in [0.4, 0.5) is 13.2 Å². The van der Waals surface area contributed by atoms with Crippen molar-refractivity contribution in [2.24, 2.45) is 0 Å². The molecule has 0 atom stereocenters. The molecule has 7 nitrogen and oxygen atoms in total. The molecule has 0 saturated carbocycles. The first-order chi connectivity index (χ1) is 20.2. The third-order valence-electron chi connectivity index (χ3n) is 8.21. The van der Waals surface area contributed by atoms with Gasteiger partial charge in [0, 0.05) is 42.3 Å². The van der Waals surface area contributed by atoms with E-state index in [0.717, 1.165) is 51.2 Å². The molecular formula is C31H35ClF3N3O4. The van der Waals surface area contributed by atoms with Gasteiger partial charge >= 0.3 is 12.1 Å². The van der Waals surface area contributed by atoms with E-state index in [-0.39, 0.29) is 46.3 Å². The number of likely N-dealkylation sites (tertiary alicyclic amines) is 2. The average Bonchev–Trinajstić information content (AvgIpc) is 2.97. The first kappa shape index (κ1) is 30.5. The van der Waals surface area contributed by atoms with E-state index in [0.29, 0.717) is 23.6 Å². The Labute approximate surface area is 248 Å². The molecule has 42 heavy (non-hydrogen) atoms. The van der Waals surface area contributed by atoms with Crippen molar-refractivity contribution in [1.82, 2.24) is 14.8 Å². The van der Waals surface area contributed by atoms with E-state index in [1.54, 1.807) is 0 Å². The number of halogens is 4. The SMILES string of the molecule is COCCOc1cc2nc(-c3cccc(C(F)(F)F)c3)c(CN3CCC(N4CCCCC4)CC3)c(C(=O)O)c2cc1Cl. The van der Waals surface area contributed by atoms with Crippen LogP contribution in [0.5, 0.6) is 5.75 Å². The van der Waals surface area contributed by atoms with Gasteiger partial charge in [0.1, 0.15) is 12.4 Å². The summed E-state index contributed by atoms with van der Waals surface area (Å²) in [5.74, 6) is -0.912. The maximum absolute atomic E-state index is 13.7. The number of alkyl halides is 3. The second-order valence-electron chi connectivity index (χ2n) is 10.9. The summed E-state index contributed by atoms with van der Waals surface area (Å²) in [6, 6.07) is 8.41. The maximum Gasteiger partial charge on any atom is 0.416 e. The van der Waals surface area contributed by atoms with Crippen molar-refractivity contribution in [1.29, 1.82) is 0 Å². The summed E-state index contributed by atoms with van der Waals surface area (Å²) in [5.41, 5.74) is 0.195. The Hall–Kier alpha value is -2.92. The number of carbonyl (C=O) groups is 1. The summed E-state index contributed by atoms with van der Waals surface area (Å²) in [6.45, 7) is 4.50. The van der Waals surface area contributed by atoms with Gasteiger partial charge in [-0.15, -0.1) is 0 Å². The molecule has 1 aromatic heterocycles. The van der Waals surface area contributed by atoms with Crippen LogP contribution >= 0.6 is 11.6 Å². The van der Waals surface area contributed by atoms with E-state index < -0.39 is 17.7 Å². The first-order valence-electron chi connectivity index (χ1n) is 14.3. The number of aromatic nitrogens is 1. The molecule has 0 spiro atoms. The number of aromatic carboxylic acids is 1. The van der Waals surface area contributed by atoms with Gasteiger partial charge in [0.05, 0.1) is 34.0 Å². The molecule has 0 radical (unpaired) electrons. The van der Waals surface area contributed by atoms with Crippen LogP contribution in [0.25, 0.3) is 22.2 Å². The molecule has 3 heterocycles. The maximum atomic E-state index is 13.7. The Morgan fingerprint density at radius 2 is 1.81 bits per heavy atom. The van der Waals surface area contributed by atoms with Crippen molar-refractivity contribution in [3.8, 4) is 17.0 Å². The quantitative estimate of drug-likeness (QED) is 0.271. The van der Waals surface area contributed by atoms with Gasteiger partial charge in [0.2, 0.25) is 0 Å². The molecule has 0 amide bonds. The predicted octanol–water partition coefficient (Wildman–Crippen LogP) is 6.75. The third kappa shape index (κ3) is 6.83. The number of methoxy groups -OCH3 is 1. The van der Waals surface area contributed by atoms with E-state index in [9.17, 15) is 23.1 Å². The lowest BCUT2D eigenvalue weighted by atomic mass is 9.94. The number of rotatable bonds is 9. The van der Waals surface area contributed by atoms with Crippen molar-refractivity contribution in [2.45, 2.75) is 50.9 Å². The molecule has 1 N–H and O–H groups in total. The highest BCUT2D eigenvalue weighted by Crippen LogP contribution is 2.38. The zero-order valence-corrected chi connectivity index (χ0v) is 24.3. The van der Waals surface area contributed by atoms with Crippen LogP contribution in [-0.4, -0.2) is 78.4 Å². The van der Waals surface area contributed by atoms with Crippen molar-refractivity contribution < 1.29 is 32.5 Å². The molecule has 3 aromatic rings. The van der Waals surface area contributed by atoms with Crippen LogP contribution in [0, 0.1) is 0 Å². The fraction of sp³-hybridized carbons (Fsp3) is 0.484. The highest BCUT2D eigenvalue weighted by molar-refractivity contribution is 6.33. The fourth-order valence-corrected chi connectivity index (χ4v) is 6.30. The molecule has 0 bridgehead atoms. The number of nitrogens with zero attached hydrogens (tertiary/aromatic N) is 3. The van der Waals surface area contributed by atoms with E-state index in [4.69, 9.17) is 26.1 Å². The summed E-state index contributed by atoms with van der Waals surface area (Å²) in [4.78, 5) is 22.3. The minimum Gasteiger partial charge on any atom is -0.490 e. The van der Waals surface area contributed by atoms with Gasteiger partial charge in [-0.3, -0.25) is 4.90 Å². The summed E-state index contributed by atoms with van der Waals surface area (Å²) in [6.07, 6.45) is 1.05. The van der Waals surface area contributed by atoms with Crippen LogP contribution in [0.15, 0.2) is 36.4 Å². The summed E-state index contributed by atoms with van der Waals surface area (Å²) >= 11 is 6.49. The molecule has 2 fully saturated rings. The lowest BCUT2D eigenvalue weighted by molar-refractivity contribution is -0.137. The van der Waals surface area contributed by atoms with Crippen molar-refractivity contribution in [3.05, 3.63) is 58.1 Å². The highest BCUT2D eigenvalue weighted by Gasteiger charge is 2.32. The van der Waals surface area contributed by atoms with Gasteiger partial charge in [-0.2, -0.15) is 13.2 Å². The number of hydrogen-bond acceptors (Lipinski definition) is 6. The molecular weight excluding hydrogens is 571 g/mol. The van der Waals surface area contributed by atoms with Gasteiger partial charge in [0.25, 0.3) is 0 Å². The molecule has 226 valence electrons. The molecule has 2 aromatic carbocycles. The average molecular weight is 606 g/mol. The van der Waals surface area contributed by atoms with E-state index >= 15 is 0 Å². The summed E-state index contributed by atoms with van der Waals surface area (Å²) in [7, 11) is 1.53. The standard InChI is InChI=1S/C31H35ClF3N3O4/c1-41-14-15-42-27-18-26-23(17-25(27)32)28(30(39)40)24(29(36-26)20-6-5-7-21(16-20)31(33,34)35)19-37-12-8-22(9-13-37)38-10-3-2-4-11-38/h5-7,16-18,22H,2-4,8-15,19H2,1H3,(H,39,40). The van der Waals surface area contributed by atoms with E-state index in [2.05, 4.69) is 9.80 Å². The molecule has 2 saturated heterocycles. The Balaban J connectivity index is 1.57. The van der Waals surface area contributed by atoms with Crippen LogP contribution in [0.2, 0.25) is 5.02 Å². The second kappa shape index (κ2) is 13.2. The predicted molar refractivity (Wildman–Crippen MR) is 155 cm³/mol. The molecule has 0 unspecified atom stereocenters. The van der Waals surface area contributed by atoms with Crippen molar-refractivity contribution in [3.63, 3.8) is 0 Å². The number of fused-ring (bicyclic) bond motifs is 1. The zero-order valence-electron chi connectivity index (χ0n) is 23.6. The molecule has 5 rings (SSSR count). The number of carboxylic acids is 1. The Bertz CT molecular complexity index is 1420. The molecule has 11 heteroatoms. The molecule has 0 aliphatic carbocycles. The van der Waals surface area contributed by atoms with E-state index in [1.807, 2.05) is 0 Å². The largest absolute Gasteiger partial charge is 0.490 e. The van der Waals surface area contributed by atoms with Gasteiger partial charge in [-0.25, -0.2) is 9.78 Å².